The highest BCUT2D eigenvalue weighted by molar-refractivity contribution is 7.22. The summed E-state index contributed by atoms with van der Waals surface area (Å²) in [5.41, 5.74) is 4.10. The fraction of sp³-hybridized carbons (Fsp3) is 0.364. The number of halogens is 1. The highest BCUT2D eigenvalue weighted by Crippen LogP contribution is 2.32. The fourth-order valence-electron chi connectivity index (χ4n) is 3.43. The summed E-state index contributed by atoms with van der Waals surface area (Å²) in [5.74, 6) is -0.348. The van der Waals surface area contributed by atoms with Crippen molar-refractivity contribution in [2.45, 2.75) is 39.2 Å². The number of nitrogens with zero attached hydrogens (tertiary/aromatic N) is 2. The van der Waals surface area contributed by atoms with Crippen LogP contribution in [0.3, 0.4) is 0 Å². The second-order valence-electron chi connectivity index (χ2n) is 7.34. The Balaban J connectivity index is 1.64. The van der Waals surface area contributed by atoms with Gasteiger partial charge < -0.3 is 4.74 Å². The average molecular weight is 399 g/mol. The van der Waals surface area contributed by atoms with E-state index in [1.165, 1.54) is 34.6 Å². The maximum Gasteiger partial charge on any atom is 0.233 e. The Bertz CT molecular complexity index is 955. The van der Waals surface area contributed by atoms with Crippen LogP contribution in [0.5, 0.6) is 0 Å². The first-order chi connectivity index (χ1) is 13.5. The number of aryl methyl sites for hydroxylation is 2. The third-order valence-electron chi connectivity index (χ3n) is 5.20. The van der Waals surface area contributed by atoms with E-state index in [2.05, 4.69) is 26.0 Å². The van der Waals surface area contributed by atoms with Gasteiger partial charge in [0, 0.05) is 6.61 Å². The number of amides is 1. The molecule has 0 aliphatic carbocycles. The summed E-state index contributed by atoms with van der Waals surface area (Å²) < 4.78 is 20.0. The Hall–Kier alpha value is -2.31. The van der Waals surface area contributed by atoms with Crippen molar-refractivity contribution < 1.29 is 13.9 Å². The minimum absolute atomic E-state index is 0.0349. The molecule has 1 aromatic heterocycles. The Labute approximate surface area is 168 Å². The Kier molecular flexibility index (Phi) is 5.42. The van der Waals surface area contributed by atoms with Gasteiger partial charge in [-0.25, -0.2) is 9.37 Å². The maximum absolute atomic E-state index is 13.2. The van der Waals surface area contributed by atoms with Crippen LogP contribution in [-0.2, 0) is 16.0 Å². The van der Waals surface area contributed by atoms with Crippen LogP contribution >= 0.6 is 11.3 Å². The lowest BCUT2D eigenvalue weighted by molar-refractivity contribution is -0.118. The summed E-state index contributed by atoms with van der Waals surface area (Å²) in [6.45, 7) is 5.39. The molecule has 1 saturated heterocycles. The molecule has 6 heteroatoms. The topological polar surface area (TPSA) is 42.4 Å². The summed E-state index contributed by atoms with van der Waals surface area (Å²) in [6.07, 6.45) is 2.21. The van der Waals surface area contributed by atoms with Gasteiger partial charge in [0.05, 0.1) is 29.3 Å². The number of ether oxygens (including phenoxy) is 1. The molecule has 0 radical (unpaired) electrons. The van der Waals surface area contributed by atoms with Crippen LogP contribution in [-0.4, -0.2) is 30.1 Å². The summed E-state index contributed by atoms with van der Waals surface area (Å²) >= 11 is 1.53. The van der Waals surface area contributed by atoms with Crippen molar-refractivity contribution in [3.63, 3.8) is 0 Å². The van der Waals surface area contributed by atoms with Crippen molar-refractivity contribution in [3.8, 4) is 0 Å². The number of thiazole rings is 1. The van der Waals surface area contributed by atoms with Gasteiger partial charge in [0.25, 0.3) is 0 Å². The Morgan fingerprint density at radius 3 is 2.71 bits per heavy atom. The van der Waals surface area contributed by atoms with Crippen LogP contribution in [0.15, 0.2) is 36.4 Å². The number of benzene rings is 2. The molecule has 0 saturated carbocycles. The molecule has 2 aromatic carbocycles. The van der Waals surface area contributed by atoms with E-state index >= 15 is 0 Å². The van der Waals surface area contributed by atoms with Crippen molar-refractivity contribution in [2.75, 3.05) is 18.1 Å². The number of aromatic nitrogens is 1. The molecule has 0 spiro atoms. The lowest BCUT2D eigenvalue weighted by atomic mass is 10.1. The smallest absolute Gasteiger partial charge is 0.233 e. The lowest BCUT2D eigenvalue weighted by Gasteiger charge is -2.23. The predicted molar refractivity (Wildman–Crippen MR) is 111 cm³/mol. The van der Waals surface area contributed by atoms with E-state index in [1.54, 1.807) is 17.0 Å². The first kappa shape index (κ1) is 19.0. The molecule has 4 rings (SSSR count). The molecule has 1 aliphatic heterocycles. The van der Waals surface area contributed by atoms with E-state index < -0.39 is 0 Å². The van der Waals surface area contributed by atoms with E-state index in [0.717, 1.165) is 35.2 Å². The number of rotatable bonds is 5. The zero-order valence-corrected chi connectivity index (χ0v) is 16.9. The zero-order chi connectivity index (χ0) is 19.7. The number of carbonyl (C=O) groups excluding carboxylic acids is 1. The van der Waals surface area contributed by atoms with Crippen molar-refractivity contribution in [2.24, 2.45) is 0 Å². The van der Waals surface area contributed by atoms with Crippen LogP contribution in [0.2, 0.25) is 0 Å². The molecule has 1 unspecified atom stereocenters. The molecular formula is C22H23FN2O2S. The maximum atomic E-state index is 13.2. The molecule has 3 aromatic rings. The molecule has 28 heavy (non-hydrogen) atoms. The minimum Gasteiger partial charge on any atom is -0.376 e. The molecular weight excluding hydrogens is 375 g/mol. The van der Waals surface area contributed by atoms with E-state index in [-0.39, 0.29) is 24.2 Å². The van der Waals surface area contributed by atoms with Crippen molar-refractivity contribution >= 4 is 32.6 Å². The second-order valence-corrected chi connectivity index (χ2v) is 8.35. The first-order valence-corrected chi connectivity index (χ1v) is 10.4. The van der Waals surface area contributed by atoms with Crippen molar-refractivity contribution in [1.82, 2.24) is 4.98 Å². The summed E-state index contributed by atoms with van der Waals surface area (Å²) in [4.78, 5) is 19.6. The predicted octanol–water partition coefficient (Wildman–Crippen LogP) is 4.81. The molecule has 0 N–H and O–H groups in total. The number of fused-ring (bicyclic) bond motifs is 1. The molecule has 2 heterocycles. The highest BCUT2D eigenvalue weighted by atomic mass is 32.1. The van der Waals surface area contributed by atoms with Gasteiger partial charge in [-0.3, -0.25) is 9.69 Å². The van der Waals surface area contributed by atoms with E-state index in [4.69, 9.17) is 9.72 Å². The SMILES string of the molecule is Cc1cc2nc(N(CC3CCCO3)C(=O)Cc3ccc(F)cc3)sc2cc1C. The lowest BCUT2D eigenvalue weighted by Crippen LogP contribution is -2.38. The van der Waals surface area contributed by atoms with Crippen LogP contribution in [0.1, 0.15) is 29.5 Å². The van der Waals surface area contributed by atoms with Crippen molar-refractivity contribution in [1.29, 1.82) is 0 Å². The molecule has 4 nitrogen and oxygen atoms in total. The minimum atomic E-state index is -0.302. The van der Waals surface area contributed by atoms with Gasteiger partial charge in [0.2, 0.25) is 5.91 Å². The monoisotopic (exact) mass is 398 g/mol. The van der Waals surface area contributed by atoms with E-state index in [1.807, 2.05) is 0 Å². The molecule has 1 amide bonds. The third-order valence-corrected chi connectivity index (χ3v) is 6.24. The Morgan fingerprint density at radius 2 is 2.00 bits per heavy atom. The highest BCUT2D eigenvalue weighted by Gasteiger charge is 2.26. The Morgan fingerprint density at radius 1 is 1.25 bits per heavy atom. The number of hydrogen-bond acceptors (Lipinski definition) is 4. The van der Waals surface area contributed by atoms with Gasteiger partial charge in [-0.2, -0.15) is 0 Å². The third kappa shape index (κ3) is 4.08. The van der Waals surface area contributed by atoms with Crippen LogP contribution in [0.25, 0.3) is 10.2 Å². The van der Waals surface area contributed by atoms with E-state index in [9.17, 15) is 9.18 Å². The molecule has 1 aliphatic rings. The molecule has 1 fully saturated rings. The fourth-order valence-corrected chi connectivity index (χ4v) is 4.51. The van der Waals surface area contributed by atoms with Crippen LogP contribution in [0.4, 0.5) is 9.52 Å². The van der Waals surface area contributed by atoms with Gasteiger partial charge in [0.1, 0.15) is 5.82 Å². The second kappa shape index (κ2) is 7.97. The standard InChI is InChI=1S/C22H23FN2O2S/c1-14-10-19-20(11-15(14)2)28-22(24-19)25(13-18-4-3-9-27-18)21(26)12-16-5-7-17(23)8-6-16/h5-8,10-11,18H,3-4,9,12-13H2,1-2H3. The average Bonchev–Trinajstić information content (AvgIpc) is 3.31. The van der Waals surface area contributed by atoms with E-state index in [0.29, 0.717) is 11.7 Å². The molecule has 1 atom stereocenters. The summed E-state index contributed by atoms with van der Waals surface area (Å²) in [5, 5.41) is 0.697. The molecule has 0 bridgehead atoms. The van der Waals surface area contributed by atoms with Crippen molar-refractivity contribution in [3.05, 3.63) is 58.9 Å². The van der Waals surface area contributed by atoms with Gasteiger partial charge in [-0.05, 0) is 67.6 Å². The van der Waals surface area contributed by atoms with Gasteiger partial charge in [-0.15, -0.1) is 0 Å². The normalized spacial score (nSPS) is 16.6. The number of hydrogen-bond donors (Lipinski definition) is 0. The summed E-state index contributed by atoms with van der Waals surface area (Å²) in [6, 6.07) is 10.3. The quantitative estimate of drug-likeness (QED) is 0.620. The van der Waals surface area contributed by atoms with Crippen LogP contribution in [0, 0.1) is 19.7 Å². The first-order valence-electron chi connectivity index (χ1n) is 9.54. The van der Waals surface area contributed by atoms with Crippen LogP contribution < -0.4 is 4.90 Å². The molecule has 146 valence electrons. The largest absolute Gasteiger partial charge is 0.376 e. The number of carbonyl (C=O) groups is 1. The summed E-state index contributed by atoms with van der Waals surface area (Å²) in [7, 11) is 0. The number of anilines is 1. The van der Waals surface area contributed by atoms with Gasteiger partial charge in [-0.1, -0.05) is 23.5 Å². The zero-order valence-electron chi connectivity index (χ0n) is 16.1. The van der Waals surface area contributed by atoms with Gasteiger partial charge >= 0.3 is 0 Å². The van der Waals surface area contributed by atoms with Gasteiger partial charge in [0.15, 0.2) is 5.13 Å².